The second kappa shape index (κ2) is 6.12. The van der Waals surface area contributed by atoms with Crippen molar-refractivity contribution in [3.8, 4) is 6.07 Å². The van der Waals surface area contributed by atoms with Crippen molar-refractivity contribution in [3.63, 3.8) is 0 Å². The lowest BCUT2D eigenvalue weighted by molar-refractivity contribution is -0.116. The molecule has 0 saturated carbocycles. The van der Waals surface area contributed by atoms with Gasteiger partial charge in [-0.15, -0.1) is 0 Å². The Hall–Kier alpha value is -3.21. The van der Waals surface area contributed by atoms with E-state index in [0.717, 1.165) is 0 Å². The first-order chi connectivity index (χ1) is 11.5. The highest BCUT2D eigenvalue weighted by Crippen LogP contribution is 2.14. The zero-order valence-corrected chi connectivity index (χ0v) is 12.6. The number of nitrogens with zero attached hydrogens (tertiary/aromatic N) is 3. The van der Waals surface area contributed by atoms with Crippen LogP contribution in [0.5, 0.6) is 0 Å². The summed E-state index contributed by atoms with van der Waals surface area (Å²) in [4.78, 5) is 36.7. The standard InChI is InChI=1S/C16H13FN4O3/c17-11-4-1-2-5-12(11)19-14(22)9-21-15(23)10(8-18)13-6-3-7-20(13)16(21)24/h1-2,4-5H,3,6-7,9H2,(H,19,22). The van der Waals surface area contributed by atoms with Gasteiger partial charge in [-0.2, -0.15) is 5.26 Å². The van der Waals surface area contributed by atoms with Crippen molar-refractivity contribution >= 4 is 11.6 Å². The van der Waals surface area contributed by atoms with Gasteiger partial charge in [-0.05, 0) is 25.0 Å². The van der Waals surface area contributed by atoms with Crippen LogP contribution in [0.15, 0.2) is 33.9 Å². The zero-order valence-electron chi connectivity index (χ0n) is 12.6. The van der Waals surface area contributed by atoms with Crippen LogP contribution in [0.2, 0.25) is 0 Å². The van der Waals surface area contributed by atoms with Crippen LogP contribution in [0.3, 0.4) is 0 Å². The Kier molecular flexibility index (Phi) is 4.00. The van der Waals surface area contributed by atoms with Gasteiger partial charge in [0.25, 0.3) is 5.56 Å². The molecule has 8 heteroatoms. The summed E-state index contributed by atoms with van der Waals surface area (Å²) in [6.07, 6.45) is 1.14. The van der Waals surface area contributed by atoms with Gasteiger partial charge in [-0.1, -0.05) is 12.1 Å². The topological polar surface area (TPSA) is 96.9 Å². The first-order valence-electron chi connectivity index (χ1n) is 7.34. The molecule has 1 aliphatic rings. The third-order valence-electron chi connectivity index (χ3n) is 3.89. The highest BCUT2D eigenvalue weighted by molar-refractivity contribution is 5.90. The average Bonchev–Trinajstić information content (AvgIpc) is 3.04. The Bertz CT molecular complexity index is 984. The highest BCUT2D eigenvalue weighted by Gasteiger charge is 2.23. The van der Waals surface area contributed by atoms with Gasteiger partial charge >= 0.3 is 5.69 Å². The van der Waals surface area contributed by atoms with Gasteiger partial charge in [0.05, 0.1) is 5.69 Å². The number of carbonyl (C=O) groups excluding carboxylic acids is 1. The van der Waals surface area contributed by atoms with Crippen molar-refractivity contribution in [2.24, 2.45) is 0 Å². The maximum Gasteiger partial charge on any atom is 0.331 e. The number of aromatic nitrogens is 2. The molecule has 0 fully saturated rings. The number of fused-ring (bicyclic) bond motifs is 1. The normalized spacial score (nSPS) is 12.5. The number of halogens is 1. The number of nitriles is 1. The number of para-hydroxylation sites is 1. The summed E-state index contributed by atoms with van der Waals surface area (Å²) < 4.78 is 15.6. The van der Waals surface area contributed by atoms with Gasteiger partial charge in [0.1, 0.15) is 24.0 Å². The molecule has 2 aromatic rings. The number of carbonyl (C=O) groups is 1. The van der Waals surface area contributed by atoms with Crippen LogP contribution in [0, 0.1) is 17.1 Å². The summed E-state index contributed by atoms with van der Waals surface area (Å²) in [6.45, 7) is -0.182. The van der Waals surface area contributed by atoms with E-state index >= 15 is 0 Å². The number of nitrogens with one attached hydrogen (secondary N) is 1. The molecule has 1 amide bonds. The Morgan fingerprint density at radius 3 is 2.79 bits per heavy atom. The Labute approximate surface area is 135 Å². The lowest BCUT2D eigenvalue weighted by atomic mass is 10.2. The fourth-order valence-corrected chi connectivity index (χ4v) is 2.78. The molecule has 0 bridgehead atoms. The predicted molar refractivity (Wildman–Crippen MR) is 83.0 cm³/mol. The number of amides is 1. The van der Waals surface area contributed by atoms with E-state index < -0.39 is 29.5 Å². The quantitative estimate of drug-likeness (QED) is 0.892. The van der Waals surface area contributed by atoms with Crippen LogP contribution >= 0.6 is 0 Å². The summed E-state index contributed by atoms with van der Waals surface area (Å²) in [6, 6.07) is 7.38. The number of hydrogen-bond donors (Lipinski definition) is 1. The van der Waals surface area contributed by atoms with Crippen LogP contribution in [-0.4, -0.2) is 15.0 Å². The third-order valence-corrected chi connectivity index (χ3v) is 3.89. The number of anilines is 1. The lowest BCUT2D eigenvalue weighted by Gasteiger charge is -2.11. The van der Waals surface area contributed by atoms with E-state index in [1.165, 1.54) is 22.8 Å². The second-order valence-electron chi connectivity index (χ2n) is 5.39. The Morgan fingerprint density at radius 2 is 2.08 bits per heavy atom. The number of hydrogen-bond acceptors (Lipinski definition) is 4. The van der Waals surface area contributed by atoms with Crippen LogP contribution in [-0.2, 0) is 24.3 Å². The Balaban J connectivity index is 1.95. The average molecular weight is 328 g/mol. The summed E-state index contributed by atoms with van der Waals surface area (Å²) >= 11 is 0. The summed E-state index contributed by atoms with van der Waals surface area (Å²) in [5.74, 6) is -1.34. The molecule has 0 saturated heterocycles. The van der Waals surface area contributed by atoms with Crippen LogP contribution < -0.4 is 16.6 Å². The molecule has 122 valence electrons. The summed E-state index contributed by atoms with van der Waals surface area (Å²) in [5, 5.41) is 11.5. The van der Waals surface area contributed by atoms with Crippen molar-refractivity contribution in [3.05, 3.63) is 62.2 Å². The monoisotopic (exact) mass is 328 g/mol. The molecule has 0 aliphatic carbocycles. The molecule has 7 nitrogen and oxygen atoms in total. The predicted octanol–water partition coefficient (Wildman–Crippen LogP) is 0.606. The minimum Gasteiger partial charge on any atom is -0.322 e. The van der Waals surface area contributed by atoms with Gasteiger partial charge in [-0.3, -0.25) is 14.2 Å². The lowest BCUT2D eigenvalue weighted by Crippen LogP contribution is -2.44. The maximum absolute atomic E-state index is 13.6. The molecule has 1 aromatic heterocycles. The van der Waals surface area contributed by atoms with Crippen molar-refractivity contribution < 1.29 is 9.18 Å². The van der Waals surface area contributed by atoms with E-state index in [1.54, 1.807) is 6.07 Å². The smallest absolute Gasteiger partial charge is 0.322 e. The molecular weight excluding hydrogens is 315 g/mol. The van der Waals surface area contributed by atoms with Gasteiger partial charge in [0.2, 0.25) is 5.91 Å². The molecule has 3 rings (SSSR count). The second-order valence-corrected chi connectivity index (χ2v) is 5.39. The molecule has 0 spiro atoms. The molecular formula is C16H13FN4O3. The van der Waals surface area contributed by atoms with Gasteiger partial charge in [0.15, 0.2) is 0 Å². The van der Waals surface area contributed by atoms with Crippen molar-refractivity contribution in [1.29, 1.82) is 5.26 Å². The van der Waals surface area contributed by atoms with Gasteiger partial charge < -0.3 is 5.32 Å². The van der Waals surface area contributed by atoms with E-state index in [9.17, 15) is 24.0 Å². The molecule has 1 N–H and O–H groups in total. The van der Waals surface area contributed by atoms with Crippen LogP contribution in [0.1, 0.15) is 17.7 Å². The minimum atomic E-state index is -0.792. The van der Waals surface area contributed by atoms with E-state index in [4.69, 9.17) is 0 Å². The molecule has 24 heavy (non-hydrogen) atoms. The summed E-state index contributed by atoms with van der Waals surface area (Å²) in [7, 11) is 0. The van der Waals surface area contributed by atoms with Crippen molar-refractivity contribution in [2.45, 2.75) is 25.9 Å². The third kappa shape index (κ3) is 2.60. The first-order valence-corrected chi connectivity index (χ1v) is 7.34. The largest absolute Gasteiger partial charge is 0.331 e. The van der Waals surface area contributed by atoms with E-state index in [0.29, 0.717) is 29.6 Å². The van der Waals surface area contributed by atoms with Crippen molar-refractivity contribution in [1.82, 2.24) is 9.13 Å². The van der Waals surface area contributed by atoms with E-state index in [2.05, 4.69) is 5.32 Å². The maximum atomic E-state index is 13.6. The molecule has 0 radical (unpaired) electrons. The Morgan fingerprint density at radius 1 is 1.33 bits per heavy atom. The van der Waals surface area contributed by atoms with E-state index in [-0.39, 0.29) is 11.3 Å². The fraction of sp³-hybridized carbons (Fsp3) is 0.250. The van der Waals surface area contributed by atoms with E-state index in [1.807, 2.05) is 6.07 Å². The van der Waals surface area contributed by atoms with Crippen LogP contribution in [0.25, 0.3) is 0 Å². The highest BCUT2D eigenvalue weighted by atomic mass is 19.1. The number of rotatable bonds is 3. The summed E-state index contributed by atoms with van der Waals surface area (Å²) in [5.41, 5.74) is -1.17. The molecule has 1 aromatic carbocycles. The van der Waals surface area contributed by atoms with Crippen molar-refractivity contribution in [2.75, 3.05) is 5.32 Å². The molecule has 0 atom stereocenters. The van der Waals surface area contributed by atoms with Crippen LogP contribution in [0.4, 0.5) is 10.1 Å². The zero-order chi connectivity index (χ0) is 17.3. The SMILES string of the molecule is N#Cc1c2n(c(=O)n(CC(=O)Nc3ccccc3F)c1=O)CCC2. The van der Waals surface area contributed by atoms with Gasteiger partial charge in [-0.25, -0.2) is 13.8 Å². The van der Waals surface area contributed by atoms with Gasteiger partial charge in [0, 0.05) is 12.2 Å². The minimum absolute atomic E-state index is 0.0442. The molecule has 1 aliphatic heterocycles. The number of benzene rings is 1. The first kappa shape index (κ1) is 15.7. The molecule has 0 unspecified atom stereocenters. The molecule has 2 heterocycles. The fourth-order valence-electron chi connectivity index (χ4n) is 2.78.